The number of aromatic nitrogens is 3. The molecule has 0 saturated carbocycles. The number of furan rings is 1. The smallest absolute Gasteiger partial charge is 0.293 e. The van der Waals surface area contributed by atoms with Gasteiger partial charge in [-0.25, -0.2) is 0 Å². The first kappa shape index (κ1) is 24.9. The zero-order valence-corrected chi connectivity index (χ0v) is 21.1. The quantitative estimate of drug-likeness (QED) is 0.163. The van der Waals surface area contributed by atoms with Gasteiger partial charge in [0.1, 0.15) is 22.5 Å². The predicted octanol–water partition coefficient (Wildman–Crippen LogP) is 5.38. The molecular weight excluding hydrogens is 532 g/mol. The minimum atomic E-state index is -0.615. The molecule has 2 N–H and O–H groups in total. The molecule has 2 heterocycles. The Morgan fingerprint density at radius 2 is 1.87 bits per heavy atom. The van der Waals surface area contributed by atoms with E-state index in [1.807, 2.05) is 0 Å². The number of nitrogens with zero attached hydrogens (tertiary/aromatic N) is 4. The molecule has 0 atom stereocenters. The normalized spacial score (nSPS) is 10.8. The van der Waals surface area contributed by atoms with Crippen LogP contribution in [-0.4, -0.2) is 38.0 Å². The standard InChI is InChI=1S/C25H17ClN6O5S/c1-36-22-9-7-15(13-17(22)26)31-29-18-8-6-14(12-19(18)30-31)27-25(38)28-24(33)23-11-10-21(37-23)16-4-2-3-5-20(16)32(34)35/h2-13H,1H3,(H2,27,28,33,38). The van der Waals surface area contributed by atoms with Crippen LogP contribution in [0.25, 0.3) is 28.0 Å². The summed E-state index contributed by atoms with van der Waals surface area (Å²) in [4.78, 5) is 24.9. The Morgan fingerprint density at radius 3 is 2.63 bits per heavy atom. The second kappa shape index (κ2) is 10.3. The summed E-state index contributed by atoms with van der Waals surface area (Å²) in [7, 11) is 1.54. The van der Waals surface area contributed by atoms with Gasteiger partial charge >= 0.3 is 0 Å². The van der Waals surface area contributed by atoms with Crippen molar-refractivity contribution in [1.82, 2.24) is 20.3 Å². The number of rotatable bonds is 6. The summed E-state index contributed by atoms with van der Waals surface area (Å²) in [6.07, 6.45) is 0. The molecule has 0 saturated heterocycles. The maximum Gasteiger partial charge on any atom is 0.293 e. The van der Waals surface area contributed by atoms with E-state index in [0.29, 0.717) is 33.2 Å². The third-order valence-corrected chi connectivity index (χ3v) is 5.93. The molecule has 3 aromatic carbocycles. The van der Waals surface area contributed by atoms with Gasteiger partial charge in [0.15, 0.2) is 10.9 Å². The zero-order chi connectivity index (χ0) is 26.8. The van der Waals surface area contributed by atoms with Gasteiger partial charge in [0, 0.05) is 11.8 Å². The number of halogens is 1. The molecule has 2 aromatic heterocycles. The molecule has 38 heavy (non-hydrogen) atoms. The first-order valence-corrected chi connectivity index (χ1v) is 11.8. The van der Waals surface area contributed by atoms with Gasteiger partial charge in [0.25, 0.3) is 11.6 Å². The molecular formula is C25H17ClN6O5S. The first-order valence-electron chi connectivity index (χ1n) is 11.0. The van der Waals surface area contributed by atoms with Gasteiger partial charge in [0.05, 0.1) is 28.3 Å². The average molecular weight is 549 g/mol. The van der Waals surface area contributed by atoms with Crippen molar-refractivity contribution in [2.75, 3.05) is 12.4 Å². The van der Waals surface area contributed by atoms with E-state index >= 15 is 0 Å². The molecule has 5 aromatic rings. The van der Waals surface area contributed by atoms with Crippen molar-refractivity contribution >= 4 is 57.2 Å². The van der Waals surface area contributed by atoms with Crippen LogP contribution in [0.1, 0.15) is 10.6 Å². The van der Waals surface area contributed by atoms with Gasteiger partial charge in [-0.3, -0.25) is 20.2 Å². The molecule has 0 fully saturated rings. The summed E-state index contributed by atoms with van der Waals surface area (Å²) in [5.41, 5.74) is 2.57. The second-order valence-corrected chi connectivity index (χ2v) is 8.67. The number of carbonyl (C=O) groups is 1. The minimum Gasteiger partial charge on any atom is -0.495 e. The number of nitrogens with one attached hydrogen (secondary N) is 2. The highest BCUT2D eigenvalue weighted by atomic mass is 35.5. The van der Waals surface area contributed by atoms with E-state index < -0.39 is 10.8 Å². The van der Waals surface area contributed by atoms with E-state index in [2.05, 4.69) is 20.8 Å². The van der Waals surface area contributed by atoms with Crippen LogP contribution >= 0.6 is 23.8 Å². The number of nitro groups is 1. The highest BCUT2D eigenvalue weighted by Gasteiger charge is 2.20. The Kier molecular flexibility index (Phi) is 6.73. The van der Waals surface area contributed by atoms with E-state index in [9.17, 15) is 14.9 Å². The molecule has 1 amide bonds. The number of para-hydroxylation sites is 1. The van der Waals surface area contributed by atoms with Crippen LogP contribution in [0.3, 0.4) is 0 Å². The Morgan fingerprint density at radius 1 is 1.08 bits per heavy atom. The number of methoxy groups -OCH3 is 1. The molecule has 5 rings (SSSR count). The number of carbonyl (C=O) groups excluding carboxylic acids is 1. The third kappa shape index (κ3) is 5.03. The molecule has 0 bridgehead atoms. The van der Waals surface area contributed by atoms with Crippen LogP contribution in [0.15, 0.2) is 77.2 Å². The van der Waals surface area contributed by atoms with Crippen LogP contribution in [0.4, 0.5) is 11.4 Å². The average Bonchev–Trinajstić information content (AvgIpc) is 3.56. The predicted molar refractivity (Wildman–Crippen MR) is 145 cm³/mol. The molecule has 190 valence electrons. The topological polar surface area (TPSA) is 137 Å². The maximum atomic E-state index is 12.6. The van der Waals surface area contributed by atoms with Gasteiger partial charge in [-0.1, -0.05) is 23.7 Å². The molecule has 13 heteroatoms. The molecule has 0 unspecified atom stereocenters. The number of amides is 1. The van der Waals surface area contributed by atoms with E-state index in [0.717, 1.165) is 0 Å². The molecule has 0 aliphatic carbocycles. The Labute approximate surface area is 225 Å². The van der Waals surface area contributed by atoms with E-state index in [4.69, 9.17) is 33.0 Å². The number of ether oxygens (including phenoxy) is 1. The molecule has 0 radical (unpaired) electrons. The SMILES string of the molecule is COc1ccc(-n2nc3ccc(NC(=S)NC(=O)c4ccc(-c5ccccc5[N+](=O)[O-])o4)cc3n2)cc1Cl. The number of anilines is 1. The van der Waals surface area contributed by atoms with Crippen LogP contribution < -0.4 is 15.4 Å². The summed E-state index contributed by atoms with van der Waals surface area (Å²) in [5, 5.41) is 26.1. The van der Waals surface area contributed by atoms with Crippen molar-refractivity contribution in [1.29, 1.82) is 0 Å². The van der Waals surface area contributed by atoms with Crippen LogP contribution in [-0.2, 0) is 0 Å². The Bertz CT molecular complexity index is 1720. The number of fused-ring (bicyclic) bond motifs is 1. The summed E-state index contributed by atoms with van der Waals surface area (Å²) in [6, 6.07) is 19.4. The first-order chi connectivity index (χ1) is 18.3. The van der Waals surface area contributed by atoms with Crippen LogP contribution in [0, 0.1) is 10.1 Å². The number of thiocarbonyl (C=S) groups is 1. The zero-order valence-electron chi connectivity index (χ0n) is 19.5. The highest BCUT2D eigenvalue weighted by molar-refractivity contribution is 7.80. The summed E-state index contributed by atoms with van der Waals surface area (Å²) in [5.74, 6) is 0.0592. The molecule has 11 nitrogen and oxygen atoms in total. The number of nitro benzene ring substituents is 1. The lowest BCUT2D eigenvalue weighted by Crippen LogP contribution is -2.33. The number of benzene rings is 3. The van der Waals surface area contributed by atoms with Crippen molar-refractivity contribution < 1.29 is 18.9 Å². The van der Waals surface area contributed by atoms with Crippen molar-refractivity contribution in [3.05, 3.63) is 93.7 Å². The fourth-order valence-corrected chi connectivity index (χ4v) is 4.12. The van der Waals surface area contributed by atoms with Gasteiger partial charge in [-0.2, -0.15) is 4.80 Å². The minimum absolute atomic E-state index is 0.0207. The highest BCUT2D eigenvalue weighted by Crippen LogP contribution is 2.31. The van der Waals surface area contributed by atoms with Crippen LogP contribution in [0.5, 0.6) is 5.75 Å². The van der Waals surface area contributed by atoms with Gasteiger partial charge in [-0.05, 0) is 66.8 Å². The maximum absolute atomic E-state index is 12.6. The number of hydrogen-bond donors (Lipinski definition) is 2. The Balaban J connectivity index is 1.28. The van der Waals surface area contributed by atoms with E-state index in [1.165, 1.54) is 30.1 Å². The lowest BCUT2D eigenvalue weighted by Gasteiger charge is -2.08. The van der Waals surface area contributed by atoms with Crippen LogP contribution in [0.2, 0.25) is 5.02 Å². The molecule has 0 aliphatic rings. The fraction of sp³-hybridized carbons (Fsp3) is 0.0400. The van der Waals surface area contributed by atoms with Crippen molar-refractivity contribution in [3.63, 3.8) is 0 Å². The van der Waals surface area contributed by atoms with E-state index in [1.54, 1.807) is 54.6 Å². The molecule has 0 aliphatic heterocycles. The van der Waals surface area contributed by atoms with Gasteiger partial charge in [0.2, 0.25) is 0 Å². The van der Waals surface area contributed by atoms with Crippen molar-refractivity contribution in [3.8, 4) is 22.8 Å². The lowest BCUT2D eigenvalue weighted by molar-refractivity contribution is -0.384. The second-order valence-electron chi connectivity index (χ2n) is 7.86. The van der Waals surface area contributed by atoms with E-state index in [-0.39, 0.29) is 27.9 Å². The summed E-state index contributed by atoms with van der Waals surface area (Å²) >= 11 is 11.5. The van der Waals surface area contributed by atoms with Crippen molar-refractivity contribution in [2.45, 2.75) is 0 Å². The Hall–Kier alpha value is -4.81. The lowest BCUT2D eigenvalue weighted by atomic mass is 10.1. The molecule has 0 spiro atoms. The van der Waals surface area contributed by atoms with Gasteiger partial charge in [-0.15, -0.1) is 10.2 Å². The summed E-state index contributed by atoms with van der Waals surface area (Å²) < 4.78 is 10.7. The summed E-state index contributed by atoms with van der Waals surface area (Å²) in [6.45, 7) is 0. The third-order valence-electron chi connectivity index (χ3n) is 5.43. The number of hydrogen-bond acceptors (Lipinski definition) is 8. The largest absolute Gasteiger partial charge is 0.495 e. The van der Waals surface area contributed by atoms with Crippen molar-refractivity contribution in [2.24, 2.45) is 0 Å². The fourth-order valence-electron chi connectivity index (χ4n) is 3.66. The monoisotopic (exact) mass is 548 g/mol. The van der Waals surface area contributed by atoms with Gasteiger partial charge < -0.3 is 14.5 Å².